The van der Waals surface area contributed by atoms with Crippen molar-refractivity contribution in [3.05, 3.63) is 62.1 Å². The third kappa shape index (κ3) is 4.07. The molecule has 23 heavy (non-hydrogen) atoms. The molecule has 2 rings (SSSR count). The van der Waals surface area contributed by atoms with Crippen LogP contribution in [0.4, 0.5) is 11.4 Å². The normalized spacial score (nSPS) is 10.2. The highest BCUT2D eigenvalue weighted by Crippen LogP contribution is 2.30. The summed E-state index contributed by atoms with van der Waals surface area (Å²) in [5.74, 6) is 0.0654. The fourth-order valence-corrected chi connectivity index (χ4v) is 2.39. The predicted octanol–water partition coefficient (Wildman–Crippen LogP) is 3.99. The second-order valence-electron chi connectivity index (χ2n) is 4.93. The number of rotatable bonds is 5. The van der Waals surface area contributed by atoms with Crippen molar-refractivity contribution in [2.75, 3.05) is 11.9 Å². The summed E-state index contributed by atoms with van der Waals surface area (Å²) in [6.45, 7) is 3.31. The molecule has 6 nitrogen and oxygen atoms in total. The van der Waals surface area contributed by atoms with Gasteiger partial charge in [0.15, 0.2) is 6.61 Å². The van der Waals surface area contributed by atoms with E-state index in [1.54, 1.807) is 31.2 Å². The number of hydrogen-bond acceptors (Lipinski definition) is 4. The number of nitrogens with zero attached hydrogens (tertiary/aromatic N) is 1. The minimum absolute atomic E-state index is 0.137. The van der Waals surface area contributed by atoms with Gasteiger partial charge >= 0.3 is 0 Å². The van der Waals surface area contributed by atoms with Crippen molar-refractivity contribution in [1.29, 1.82) is 0 Å². The van der Waals surface area contributed by atoms with Crippen LogP contribution in [0.5, 0.6) is 5.75 Å². The fourth-order valence-electron chi connectivity index (χ4n) is 1.99. The molecule has 2 aromatic carbocycles. The van der Waals surface area contributed by atoms with Crippen LogP contribution in [0, 0.1) is 24.0 Å². The number of hydrogen-bond donors (Lipinski definition) is 1. The number of para-hydroxylation sites is 1. The average molecular weight is 379 g/mol. The Balaban J connectivity index is 2.13. The molecule has 1 amide bonds. The summed E-state index contributed by atoms with van der Waals surface area (Å²) < 4.78 is 6.14. The van der Waals surface area contributed by atoms with Crippen molar-refractivity contribution in [2.24, 2.45) is 0 Å². The maximum atomic E-state index is 12.1. The molecule has 0 atom stereocenters. The molecule has 0 saturated carbocycles. The number of aryl methyl sites for hydroxylation is 1. The van der Waals surface area contributed by atoms with Gasteiger partial charge in [-0.05, 0) is 53.0 Å². The van der Waals surface area contributed by atoms with Gasteiger partial charge in [-0.1, -0.05) is 18.2 Å². The van der Waals surface area contributed by atoms with Crippen LogP contribution in [0.25, 0.3) is 0 Å². The highest BCUT2D eigenvalue weighted by molar-refractivity contribution is 9.10. The van der Waals surface area contributed by atoms with E-state index in [-0.39, 0.29) is 18.0 Å². The lowest BCUT2D eigenvalue weighted by molar-refractivity contribution is -0.384. The Kier molecular flexibility index (Phi) is 5.33. The smallest absolute Gasteiger partial charge is 0.293 e. The van der Waals surface area contributed by atoms with Crippen LogP contribution in [-0.4, -0.2) is 17.4 Å². The largest absolute Gasteiger partial charge is 0.483 e. The van der Waals surface area contributed by atoms with Gasteiger partial charge in [-0.2, -0.15) is 0 Å². The molecule has 0 aliphatic rings. The second kappa shape index (κ2) is 7.23. The minimum Gasteiger partial charge on any atom is -0.483 e. The lowest BCUT2D eigenvalue weighted by Crippen LogP contribution is -2.21. The van der Waals surface area contributed by atoms with E-state index < -0.39 is 10.8 Å². The van der Waals surface area contributed by atoms with Gasteiger partial charge < -0.3 is 10.1 Å². The van der Waals surface area contributed by atoms with Gasteiger partial charge in [0.05, 0.1) is 9.40 Å². The van der Waals surface area contributed by atoms with E-state index >= 15 is 0 Å². The van der Waals surface area contributed by atoms with Crippen LogP contribution in [0.3, 0.4) is 0 Å². The molecule has 0 aliphatic heterocycles. The molecule has 0 aromatic heterocycles. The highest BCUT2D eigenvalue weighted by atomic mass is 79.9. The number of carbonyl (C=O) groups excluding carboxylic acids is 1. The van der Waals surface area contributed by atoms with E-state index in [1.165, 1.54) is 6.07 Å². The Morgan fingerprint density at radius 1 is 1.26 bits per heavy atom. The number of halogens is 1. The van der Waals surface area contributed by atoms with Crippen molar-refractivity contribution in [3.8, 4) is 5.75 Å². The predicted molar refractivity (Wildman–Crippen MR) is 90.8 cm³/mol. The number of anilines is 1. The average Bonchev–Trinajstić information content (AvgIpc) is 2.51. The lowest BCUT2D eigenvalue weighted by atomic mass is 10.1. The Bertz CT molecular complexity index is 762. The van der Waals surface area contributed by atoms with E-state index in [0.717, 1.165) is 10.0 Å². The molecule has 0 spiro atoms. The van der Waals surface area contributed by atoms with Crippen LogP contribution in [0.15, 0.2) is 40.9 Å². The lowest BCUT2D eigenvalue weighted by Gasteiger charge is -2.12. The molecular formula is C16H15BrN2O4. The second-order valence-corrected chi connectivity index (χ2v) is 5.78. The van der Waals surface area contributed by atoms with Gasteiger partial charge in [0.25, 0.3) is 11.6 Å². The van der Waals surface area contributed by atoms with Crippen LogP contribution in [0.1, 0.15) is 11.1 Å². The van der Waals surface area contributed by atoms with E-state index in [4.69, 9.17) is 4.74 Å². The molecule has 0 aliphatic carbocycles. The molecule has 120 valence electrons. The van der Waals surface area contributed by atoms with Crippen LogP contribution in [-0.2, 0) is 4.79 Å². The van der Waals surface area contributed by atoms with Crippen LogP contribution < -0.4 is 10.1 Å². The summed E-state index contributed by atoms with van der Waals surface area (Å²) in [6.07, 6.45) is 0. The van der Waals surface area contributed by atoms with E-state index in [9.17, 15) is 14.9 Å². The summed E-state index contributed by atoms with van der Waals surface area (Å²) in [5.41, 5.74) is 1.59. The number of nitro benzene ring substituents is 1. The molecule has 0 heterocycles. The maximum Gasteiger partial charge on any atom is 0.293 e. The number of benzene rings is 2. The first-order valence-corrected chi connectivity index (χ1v) is 7.61. The quantitative estimate of drug-likeness (QED) is 0.629. The van der Waals surface area contributed by atoms with Crippen LogP contribution in [0.2, 0.25) is 0 Å². The zero-order chi connectivity index (χ0) is 17.0. The molecule has 0 fully saturated rings. The summed E-state index contributed by atoms with van der Waals surface area (Å²) in [7, 11) is 0. The Hall–Kier alpha value is -2.41. The van der Waals surface area contributed by atoms with Gasteiger partial charge in [0.2, 0.25) is 0 Å². The van der Waals surface area contributed by atoms with Crippen molar-refractivity contribution >= 4 is 33.2 Å². The third-order valence-corrected chi connectivity index (χ3v) is 4.03. The molecule has 0 radical (unpaired) electrons. The first-order chi connectivity index (χ1) is 10.9. The zero-order valence-corrected chi connectivity index (χ0v) is 14.2. The minimum atomic E-state index is -0.517. The van der Waals surface area contributed by atoms with Crippen molar-refractivity contribution in [1.82, 2.24) is 0 Å². The standard InChI is InChI=1S/C16H15BrN2O4/c1-10-7-8-13(19(21)22)16(11(10)2)18-15(20)9-23-14-6-4-3-5-12(14)17/h3-8H,9H2,1-2H3,(H,18,20). The van der Waals surface area contributed by atoms with Gasteiger partial charge in [-0.25, -0.2) is 0 Å². The van der Waals surface area contributed by atoms with E-state index in [0.29, 0.717) is 11.3 Å². The number of amides is 1. The summed E-state index contributed by atoms with van der Waals surface area (Å²) in [5, 5.41) is 13.7. The van der Waals surface area contributed by atoms with Crippen LogP contribution >= 0.6 is 15.9 Å². The molecule has 7 heteroatoms. The molecule has 0 bridgehead atoms. The SMILES string of the molecule is Cc1ccc([N+](=O)[O-])c(NC(=O)COc2ccccc2Br)c1C. The number of ether oxygens (including phenoxy) is 1. The van der Waals surface area contributed by atoms with Crippen molar-refractivity contribution in [2.45, 2.75) is 13.8 Å². The van der Waals surface area contributed by atoms with Gasteiger partial charge in [0, 0.05) is 6.07 Å². The van der Waals surface area contributed by atoms with Gasteiger partial charge in [-0.3, -0.25) is 14.9 Å². The van der Waals surface area contributed by atoms with Crippen molar-refractivity contribution < 1.29 is 14.5 Å². The number of nitrogens with one attached hydrogen (secondary N) is 1. The third-order valence-electron chi connectivity index (χ3n) is 3.37. The topological polar surface area (TPSA) is 81.5 Å². The summed E-state index contributed by atoms with van der Waals surface area (Å²) >= 11 is 3.32. The molecule has 0 unspecified atom stereocenters. The van der Waals surface area contributed by atoms with Gasteiger partial charge in [0.1, 0.15) is 11.4 Å². The highest BCUT2D eigenvalue weighted by Gasteiger charge is 2.19. The monoisotopic (exact) mass is 378 g/mol. The number of nitro groups is 1. The Morgan fingerprint density at radius 3 is 2.61 bits per heavy atom. The van der Waals surface area contributed by atoms with Crippen molar-refractivity contribution in [3.63, 3.8) is 0 Å². The molecular weight excluding hydrogens is 364 g/mol. The number of carbonyl (C=O) groups is 1. The zero-order valence-electron chi connectivity index (χ0n) is 12.6. The summed E-state index contributed by atoms with van der Waals surface area (Å²) in [6, 6.07) is 10.2. The van der Waals surface area contributed by atoms with E-state index in [2.05, 4.69) is 21.2 Å². The van der Waals surface area contributed by atoms with Gasteiger partial charge in [-0.15, -0.1) is 0 Å². The summed E-state index contributed by atoms with van der Waals surface area (Å²) in [4.78, 5) is 22.7. The van der Waals surface area contributed by atoms with E-state index in [1.807, 2.05) is 13.0 Å². The molecule has 2 aromatic rings. The first-order valence-electron chi connectivity index (χ1n) is 6.82. The molecule has 1 N–H and O–H groups in total. The Morgan fingerprint density at radius 2 is 1.96 bits per heavy atom. The molecule has 0 saturated heterocycles. The fraction of sp³-hybridized carbons (Fsp3) is 0.188. The Labute approximate surface area is 141 Å². The first kappa shape index (κ1) is 17.0. The maximum absolute atomic E-state index is 12.1.